The molecule has 1 aliphatic heterocycles. The molecule has 0 spiro atoms. The average molecular weight is 415 g/mol. The molecular formula is C23H30N2O3S. The highest BCUT2D eigenvalue weighted by atomic mass is 32.1. The summed E-state index contributed by atoms with van der Waals surface area (Å²) >= 11 is 1.64. The number of ether oxygens (including phenoxy) is 1. The van der Waals surface area contributed by atoms with Gasteiger partial charge in [-0.1, -0.05) is 50.2 Å². The summed E-state index contributed by atoms with van der Waals surface area (Å²) in [6.07, 6.45) is 1.99. The van der Waals surface area contributed by atoms with Crippen molar-refractivity contribution in [1.29, 1.82) is 0 Å². The van der Waals surface area contributed by atoms with E-state index in [9.17, 15) is 9.59 Å². The molecule has 1 saturated heterocycles. The molecule has 2 amide bonds. The van der Waals surface area contributed by atoms with Gasteiger partial charge in [-0.2, -0.15) is 0 Å². The maximum absolute atomic E-state index is 13.3. The van der Waals surface area contributed by atoms with E-state index in [2.05, 4.69) is 0 Å². The first-order valence-electron chi connectivity index (χ1n) is 10.3. The lowest BCUT2D eigenvalue weighted by molar-refractivity contribution is -0.144. The molecule has 1 aromatic carbocycles. The van der Waals surface area contributed by atoms with Gasteiger partial charge in [0.25, 0.3) is 0 Å². The highest BCUT2D eigenvalue weighted by molar-refractivity contribution is 7.09. The third kappa shape index (κ3) is 6.41. The van der Waals surface area contributed by atoms with Gasteiger partial charge in [0.15, 0.2) is 0 Å². The normalized spacial score (nSPS) is 16.2. The molecule has 0 saturated carbocycles. The third-order valence-electron chi connectivity index (χ3n) is 5.08. The van der Waals surface area contributed by atoms with E-state index in [1.54, 1.807) is 16.2 Å². The Labute approximate surface area is 177 Å². The second-order valence-corrected chi connectivity index (χ2v) is 8.86. The van der Waals surface area contributed by atoms with Crippen LogP contribution >= 0.6 is 11.3 Å². The summed E-state index contributed by atoms with van der Waals surface area (Å²) in [6.45, 7) is 6.15. The minimum absolute atomic E-state index is 0.00429. The molecule has 2 heterocycles. The quantitative estimate of drug-likeness (QED) is 0.624. The van der Waals surface area contributed by atoms with E-state index in [4.69, 9.17) is 4.74 Å². The number of benzene rings is 1. The number of thiophene rings is 1. The number of carbonyl (C=O) groups excluding carboxylic acids is 2. The number of hydrogen-bond donors (Lipinski definition) is 0. The number of nitrogens with zero attached hydrogens (tertiary/aromatic N) is 2. The molecule has 0 unspecified atom stereocenters. The van der Waals surface area contributed by atoms with Gasteiger partial charge >= 0.3 is 0 Å². The number of carbonyl (C=O) groups is 2. The van der Waals surface area contributed by atoms with Crippen LogP contribution < -0.4 is 0 Å². The zero-order valence-electron chi connectivity index (χ0n) is 17.3. The zero-order valence-corrected chi connectivity index (χ0v) is 18.1. The van der Waals surface area contributed by atoms with Crippen molar-refractivity contribution in [2.24, 2.45) is 5.92 Å². The van der Waals surface area contributed by atoms with E-state index < -0.39 is 0 Å². The maximum atomic E-state index is 13.3. The van der Waals surface area contributed by atoms with Gasteiger partial charge in [-0.15, -0.1) is 11.3 Å². The van der Waals surface area contributed by atoms with Crippen LogP contribution in [0.15, 0.2) is 47.8 Å². The summed E-state index contributed by atoms with van der Waals surface area (Å²) in [5.41, 5.74) is 1.08. The lowest BCUT2D eigenvalue weighted by atomic mass is 10.1. The van der Waals surface area contributed by atoms with Gasteiger partial charge in [-0.3, -0.25) is 9.59 Å². The van der Waals surface area contributed by atoms with Gasteiger partial charge in [0.2, 0.25) is 11.8 Å². The fourth-order valence-corrected chi connectivity index (χ4v) is 4.24. The van der Waals surface area contributed by atoms with Crippen LogP contribution in [-0.4, -0.2) is 47.4 Å². The number of hydrogen-bond acceptors (Lipinski definition) is 4. The monoisotopic (exact) mass is 414 g/mol. The van der Waals surface area contributed by atoms with Crippen LogP contribution in [0, 0.1) is 5.92 Å². The lowest BCUT2D eigenvalue weighted by Gasteiger charge is -2.30. The lowest BCUT2D eigenvalue weighted by Crippen LogP contribution is -2.46. The predicted molar refractivity (Wildman–Crippen MR) is 115 cm³/mol. The molecule has 1 aromatic heterocycles. The van der Waals surface area contributed by atoms with Crippen molar-refractivity contribution >= 4 is 23.2 Å². The molecule has 2 aromatic rings. The van der Waals surface area contributed by atoms with Gasteiger partial charge in [0.05, 0.1) is 19.2 Å². The molecule has 0 N–H and O–H groups in total. The first kappa shape index (κ1) is 21.5. The van der Waals surface area contributed by atoms with Gasteiger partial charge in [0, 0.05) is 30.5 Å². The fourth-order valence-electron chi connectivity index (χ4n) is 3.52. The number of amides is 2. The molecular weight excluding hydrogens is 384 g/mol. The maximum Gasteiger partial charge on any atom is 0.242 e. The Morgan fingerprint density at radius 1 is 1.10 bits per heavy atom. The third-order valence-corrected chi connectivity index (χ3v) is 5.94. The Morgan fingerprint density at radius 2 is 1.90 bits per heavy atom. The summed E-state index contributed by atoms with van der Waals surface area (Å²) in [5, 5.41) is 2.02. The Balaban J connectivity index is 1.73. The second-order valence-electron chi connectivity index (χ2n) is 7.82. The van der Waals surface area contributed by atoms with Crippen molar-refractivity contribution in [3.8, 4) is 0 Å². The molecule has 29 heavy (non-hydrogen) atoms. The van der Waals surface area contributed by atoms with E-state index in [1.165, 1.54) is 0 Å². The molecule has 6 heteroatoms. The molecule has 0 radical (unpaired) electrons. The minimum atomic E-state index is -0.149. The van der Waals surface area contributed by atoms with Crippen LogP contribution in [0.5, 0.6) is 0 Å². The Bertz CT molecular complexity index is 771. The van der Waals surface area contributed by atoms with Gasteiger partial charge in [0.1, 0.15) is 0 Å². The smallest absolute Gasteiger partial charge is 0.242 e. The zero-order chi connectivity index (χ0) is 20.6. The summed E-state index contributed by atoms with van der Waals surface area (Å²) < 4.78 is 5.72. The average Bonchev–Trinajstić information content (AvgIpc) is 3.41. The van der Waals surface area contributed by atoms with Crippen LogP contribution in [-0.2, 0) is 27.4 Å². The van der Waals surface area contributed by atoms with E-state index in [1.807, 2.05) is 66.6 Å². The fraction of sp³-hybridized carbons (Fsp3) is 0.478. The predicted octanol–water partition coefficient (Wildman–Crippen LogP) is 3.94. The van der Waals surface area contributed by atoms with E-state index in [0.29, 0.717) is 19.6 Å². The van der Waals surface area contributed by atoms with Crippen molar-refractivity contribution in [2.75, 3.05) is 19.7 Å². The van der Waals surface area contributed by atoms with Crippen molar-refractivity contribution in [1.82, 2.24) is 9.80 Å². The van der Waals surface area contributed by atoms with Gasteiger partial charge in [-0.25, -0.2) is 0 Å². The highest BCUT2D eigenvalue weighted by Gasteiger charge is 2.27. The van der Waals surface area contributed by atoms with E-state index >= 15 is 0 Å². The summed E-state index contributed by atoms with van der Waals surface area (Å²) in [4.78, 5) is 30.7. The molecule has 0 bridgehead atoms. The Kier molecular flexibility index (Phi) is 7.83. The Hall–Kier alpha value is -2.18. The first-order chi connectivity index (χ1) is 14.0. The van der Waals surface area contributed by atoms with Crippen LogP contribution in [0.4, 0.5) is 0 Å². The van der Waals surface area contributed by atoms with Crippen molar-refractivity contribution in [2.45, 2.75) is 45.9 Å². The van der Waals surface area contributed by atoms with Crippen LogP contribution in [0.25, 0.3) is 0 Å². The van der Waals surface area contributed by atoms with Crippen LogP contribution in [0.2, 0.25) is 0 Å². The summed E-state index contributed by atoms with van der Waals surface area (Å²) in [7, 11) is 0. The summed E-state index contributed by atoms with van der Waals surface area (Å²) in [6, 6.07) is 14.0. The van der Waals surface area contributed by atoms with Crippen LogP contribution in [0.3, 0.4) is 0 Å². The standard InChI is InChI=1S/C23H30N2O3S/c1-18(2)23(27)25(15-20-10-6-12-28-20)17-22(26)24(16-21-11-7-13-29-21)14-19-8-4-3-5-9-19/h3-5,7-9,11,13,18,20H,6,10,12,14-17H2,1-2H3/t20-/m0/s1. The molecule has 1 atom stereocenters. The Morgan fingerprint density at radius 3 is 2.52 bits per heavy atom. The van der Waals surface area contributed by atoms with E-state index in [-0.39, 0.29) is 30.4 Å². The minimum Gasteiger partial charge on any atom is -0.376 e. The SMILES string of the molecule is CC(C)C(=O)N(CC(=O)N(Cc1ccccc1)Cc1cccs1)C[C@@H]1CCCO1. The van der Waals surface area contributed by atoms with Gasteiger partial charge < -0.3 is 14.5 Å². The van der Waals surface area contributed by atoms with Crippen LogP contribution in [0.1, 0.15) is 37.1 Å². The molecule has 0 aliphatic carbocycles. The van der Waals surface area contributed by atoms with Gasteiger partial charge in [-0.05, 0) is 29.9 Å². The topological polar surface area (TPSA) is 49.9 Å². The van der Waals surface area contributed by atoms with E-state index in [0.717, 1.165) is 29.9 Å². The second kappa shape index (κ2) is 10.6. The number of rotatable bonds is 9. The highest BCUT2D eigenvalue weighted by Crippen LogP contribution is 2.18. The molecule has 3 rings (SSSR count). The van der Waals surface area contributed by atoms with Crippen molar-refractivity contribution in [3.63, 3.8) is 0 Å². The molecule has 156 valence electrons. The van der Waals surface area contributed by atoms with Crippen molar-refractivity contribution in [3.05, 3.63) is 58.3 Å². The molecule has 5 nitrogen and oxygen atoms in total. The molecule has 1 aliphatic rings. The first-order valence-corrected chi connectivity index (χ1v) is 11.2. The molecule has 1 fully saturated rings. The van der Waals surface area contributed by atoms with Crippen molar-refractivity contribution < 1.29 is 14.3 Å². The largest absolute Gasteiger partial charge is 0.376 e. The summed E-state index contributed by atoms with van der Waals surface area (Å²) in [5.74, 6) is -0.178.